The molecule has 1 aromatic rings. The molecular formula is C13H17ClN4O2. The number of piperidine rings is 1. The van der Waals surface area contributed by atoms with Gasteiger partial charge in [0.25, 0.3) is 5.91 Å². The molecule has 1 aliphatic heterocycles. The minimum atomic E-state index is -0.219. The number of hydrogen-bond acceptors (Lipinski definition) is 4. The van der Waals surface area contributed by atoms with Gasteiger partial charge in [-0.3, -0.25) is 14.6 Å². The lowest BCUT2D eigenvalue weighted by Crippen LogP contribution is -2.46. The predicted octanol–water partition coefficient (Wildman–Crippen LogP) is 0.826. The largest absolute Gasteiger partial charge is 0.348 e. The van der Waals surface area contributed by atoms with Crippen LogP contribution < -0.4 is 5.32 Å². The maximum atomic E-state index is 11.9. The number of amides is 2. The van der Waals surface area contributed by atoms with Crippen LogP contribution in [0.4, 0.5) is 0 Å². The summed E-state index contributed by atoms with van der Waals surface area (Å²) in [6, 6.07) is 0.0737. The fraction of sp³-hybridized carbons (Fsp3) is 0.538. The van der Waals surface area contributed by atoms with Crippen LogP contribution in [0.2, 0.25) is 0 Å². The van der Waals surface area contributed by atoms with E-state index in [0.717, 1.165) is 12.8 Å². The van der Waals surface area contributed by atoms with Gasteiger partial charge in [-0.25, -0.2) is 4.98 Å². The van der Waals surface area contributed by atoms with Gasteiger partial charge in [0.2, 0.25) is 5.91 Å². The second-order valence-corrected chi connectivity index (χ2v) is 5.04. The molecule has 2 amide bonds. The van der Waals surface area contributed by atoms with Gasteiger partial charge in [0.15, 0.2) is 0 Å². The van der Waals surface area contributed by atoms with E-state index < -0.39 is 0 Å². The first-order valence-electron chi connectivity index (χ1n) is 6.61. The smallest absolute Gasteiger partial charge is 0.271 e. The van der Waals surface area contributed by atoms with Crippen molar-refractivity contribution in [2.24, 2.45) is 0 Å². The average molecular weight is 297 g/mol. The van der Waals surface area contributed by atoms with E-state index in [1.807, 2.05) is 0 Å². The highest BCUT2D eigenvalue weighted by molar-refractivity contribution is 6.18. The van der Waals surface area contributed by atoms with Crippen molar-refractivity contribution in [3.05, 3.63) is 24.3 Å². The number of rotatable bonds is 4. The highest BCUT2D eigenvalue weighted by Gasteiger charge is 2.23. The molecule has 1 fully saturated rings. The molecule has 6 nitrogen and oxygen atoms in total. The first kappa shape index (κ1) is 14.7. The van der Waals surface area contributed by atoms with Gasteiger partial charge in [0, 0.05) is 43.8 Å². The molecule has 0 aliphatic carbocycles. The number of alkyl halides is 1. The Kier molecular flexibility index (Phi) is 5.29. The molecule has 1 aliphatic rings. The Labute approximate surface area is 122 Å². The van der Waals surface area contributed by atoms with Gasteiger partial charge >= 0.3 is 0 Å². The van der Waals surface area contributed by atoms with E-state index in [0.29, 0.717) is 31.1 Å². The van der Waals surface area contributed by atoms with Crippen LogP contribution in [0.25, 0.3) is 0 Å². The lowest BCUT2D eigenvalue weighted by Gasteiger charge is -2.32. The molecule has 2 heterocycles. The number of halogens is 1. The number of carbonyl (C=O) groups excluding carboxylic acids is 2. The van der Waals surface area contributed by atoms with Crippen LogP contribution in [-0.4, -0.2) is 51.7 Å². The Morgan fingerprint density at radius 3 is 2.70 bits per heavy atom. The van der Waals surface area contributed by atoms with E-state index in [2.05, 4.69) is 15.3 Å². The van der Waals surface area contributed by atoms with Crippen molar-refractivity contribution in [1.29, 1.82) is 0 Å². The number of aromatic nitrogens is 2. The molecule has 0 saturated carbocycles. The topological polar surface area (TPSA) is 75.2 Å². The monoisotopic (exact) mass is 296 g/mol. The quantitative estimate of drug-likeness (QED) is 0.835. The summed E-state index contributed by atoms with van der Waals surface area (Å²) in [6.45, 7) is 1.31. The van der Waals surface area contributed by atoms with Crippen molar-refractivity contribution >= 4 is 23.4 Å². The third-order valence-corrected chi connectivity index (χ3v) is 3.48. The lowest BCUT2D eigenvalue weighted by atomic mass is 10.0. The zero-order chi connectivity index (χ0) is 14.4. The van der Waals surface area contributed by atoms with Gasteiger partial charge in [0.05, 0.1) is 6.20 Å². The normalized spacial score (nSPS) is 15.9. The molecule has 7 heteroatoms. The van der Waals surface area contributed by atoms with E-state index in [4.69, 9.17) is 11.6 Å². The van der Waals surface area contributed by atoms with Crippen LogP contribution >= 0.6 is 11.6 Å². The second-order valence-electron chi connectivity index (χ2n) is 4.66. The number of nitrogens with zero attached hydrogens (tertiary/aromatic N) is 3. The van der Waals surface area contributed by atoms with Crippen molar-refractivity contribution in [1.82, 2.24) is 20.2 Å². The molecule has 0 bridgehead atoms. The number of likely N-dealkylation sites (tertiary alicyclic amines) is 1. The Balaban J connectivity index is 1.80. The molecule has 0 aromatic carbocycles. The fourth-order valence-electron chi connectivity index (χ4n) is 2.19. The Bertz CT molecular complexity index is 461. The van der Waals surface area contributed by atoms with Crippen molar-refractivity contribution in [3.8, 4) is 0 Å². The highest BCUT2D eigenvalue weighted by atomic mass is 35.5. The van der Waals surface area contributed by atoms with Gasteiger partial charge < -0.3 is 10.2 Å². The molecule has 0 spiro atoms. The van der Waals surface area contributed by atoms with E-state index in [9.17, 15) is 9.59 Å². The van der Waals surface area contributed by atoms with E-state index >= 15 is 0 Å². The van der Waals surface area contributed by atoms with Crippen LogP contribution in [0, 0.1) is 0 Å². The summed E-state index contributed by atoms with van der Waals surface area (Å²) in [4.78, 5) is 33.2. The SMILES string of the molecule is O=C(NC1CCN(C(=O)CCCl)CC1)c1cnccn1. The van der Waals surface area contributed by atoms with Crippen molar-refractivity contribution in [3.63, 3.8) is 0 Å². The van der Waals surface area contributed by atoms with Crippen LogP contribution in [0.1, 0.15) is 29.8 Å². The van der Waals surface area contributed by atoms with E-state index in [-0.39, 0.29) is 17.9 Å². The van der Waals surface area contributed by atoms with Gasteiger partial charge in [-0.2, -0.15) is 0 Å². The fourth-order valence-corrected chi connectivity index (χ4v) is 2.35. The third kappa shape index (κ3) is 3.90. The lowest BCUT2D eigenvalue weighted by molar-refractivity contribution is -0.131. The maximum Gasteiger partial charge on any atom is 0.271 e. The van der Waals surface area contributed by atoms with Crippen molar-refractivity contribution in [2.45, 2.75) is 25.3 Å². The summed E-state index contributed by atoms with van der Waals surface area (Å²) < 4.78 is 0. The molecule has 1 aromatic heterocycles. The van der Waals surface area contributed by atoms with Gasteiger partial charge in [-0.05, 0) is 12.8 Å². The Morgan fingerprint density at radius 2 is 2.10 bits per heavy atom. The van der Waals surface area contributed by atoms with E-state index in [1.165, 1.54) is 18.6 Å². The molecule has 108 valence electrons. The zero-order valence-corrected chi connectivity index (χ0v) is 11.8. The van der Waals surface area contributed by atoms with Gasteiger partial charge in [0.1, 0.15) is 5.69 Å². The summed E-state index contributed by atoms with van der Waals surface area (Å²) >= 11 is 5.56. The van der Waals surface area contributed by atoms with Gasteiger partial charge in [-0.15, -0.1) is 11.6 Å². The number of carbonyl (C=O) groups is 2. The van der Waals surface area contributed by atoms with Gasteiger partial charge in [-0.1, -0.05) is 0 Å². The minimum absolute atomic E-state index is 0.0737. The molecular weight excluding hydrogens is 280 g/mol. The van der Waals surface area contributed by atoms with Crippen LogP contribution in [0.5, 0.6) is 0 Å². The molecule has 1 saturated heterocycles. The minimum Gasteiger partial charge on any atom is -0.348 e. The summed E-state index contributed by atoms with van der Waals surface area (Å²) in [5, 5.41) is 2.92. The first-order valence-corrected chi connectivity index (χ1v) is 7.15. The first-order chi connectivity index (χ1) is 9.70. The molecule has 1 N–H and O–H groups in total. The number of hydrogen-bond donors (Lipinski definition) is 1. The number of nitrogens with one attached hydrogen (secondary N) is 1. The Morgan fingerprint density at radius 1 is 1.35 bits per heavy atom. The molecule has 20 heavy (non-hydrogen) atoms. The third-order valence-electron chi connectivity index (χ3n) is 3.29. The standard InChI is InChI=1S/C13H17ClN4O2/c14-4-1-12(19)18-7-2-10(3-8-18)17-13(20)11-9-15-5-6-16-11/h5-6,9-10H,1-4,7-8H2,(H,17,20). The molecule has 0 atom stereocenters. The van der Waals surface area contributed by atoms with Crippen LogP contribution in [-0.2, 0) is 4.79 Å². The molecule has 0 unspecified atom stereocenters. The molecule has 2 rings (SSSR count). The van der Waals surface area contributed by atoms with Crippen LogP contribution in [0.3, 0.4) is 0 Å². The summed E-state index contributed by atoms with van der Waals surface area (Å²) in [7, 11) is 0. The van der Waals surface area contributed by atoms with Crippen molar-refractivity contribution < 1.29 is 9.59 Å². The summed E-state index contributed by atoms with van der Waals surface area (Å²) in [5.74, 6) is 0.213. The van der Waals surface area contributed by atoms with Crippen molar-refractivity contribution in [2.75, 3.05) is 19.0 Å². The summed E-state index contributed by atoms with van der Waals surface area (Å²) in [6.07, 6.45) is 6.33. The Hall–Kier alpha value is -1.69. The second kappa shape index (κ2) is 7.19. The van der Waals surface area contributed by atoms with Crippen LogP contribution in [0.15, 0.2) is 18.6 Å². The zero-order valence-electron chi connectivity index (χ0n) is 11.1. The van der Waals surface area contributed by atoms with E-state index in [1.54, 1.807) is 4.90 Å². The predicted molar refractivity (Wildman–Crippen MR) is 74.4 cm³/mol. The highest BCUT2D eigenvalue weighted by Crippen LogP contribution is 2.12. The molecule has 0 radical (unpaired) electrons. The average Bonchev–Trinajstić information content (AvgIpc) is 2.49. The summed E-state index contributed by atoms with van der Waals surface area (Å²) in [5.41, 5.74) is 0.313. The maximum absolute atomic E-state index is 11.9.